The molecule has 0 amide bonds. The highest BCUT2D eigenvalue weighted by atomic mass is 79.9. The van der Waals surface area contributed by atoms with Gasteiger partial charge in [0, 0.05) is 4.47 Å². The molecule has 0 bridgehead atoms. The van der Waals surface area contributed by atoms with E-state index in [2.05, 4.69) is 15.9 Å². The van der Waals surface area contributed by atoms with E-state index in [4.69, 9.17) is 11.6 Å². The number of halogens is 2. The van der Waals surface area contributed by atoms with E-state index in [0.717, 1.165) is 14.3 Å². The summed E-state index contributed by atoms with van der Waals surface area (Å²) in [6.45, 7) is 3.36. The number of hydrogen-bond acceptors (Lipinski definition) is 3. The van der Waals surface area contributed by atoms with E-state index in [9.17, 15) is 13.2 Å². The lowest BCUT2D eigenvalue weighted by Gasteiger charge is -2.28. The van der Waals surface area contributed by atoms with Crippen LogP contribution in [0.1, 0.15) is 12.5 Å². The first-order valence-corrected chi connectivity index (χ1v) is 9.40. The van der Waals surface area contributed by atoms with Crippen LogP contribution in [0.5, 0.6) is 0 Å². The van der Waals surface area contributed by atoms with Crippen molar-refractivity contribution < 1.29 is 13.2 Å². The molecule has 0 heterocycles. The van der Waals surface area contributed by atoms with Crippen molar-refractivity contribution in [2.75, 3.05) is 4.31 Å². The number of anilines is 1. The average molecular weight is 417 g/mol. The minimum absolute atomic E-state index is 0.0889. The Morgan fingerprint density at radius 3 is 2.09 bits per heavy atom. The summed E-state index contributed by atoms with van der Waals surface area (Å²) < 4.78 is 27.8. The van der Waals surface area contributed by atoms with Crippen molar-refractivity contribution in [3.05, 3.63) is 58.6 Å². The number of carbonyl (C=O) groups excluding carboxylic acids is 1. The zero-order valence-corrected chi connectivity index (χ0v) is 15.7. The molecule has 1 atom stereocenters. The van der Waals surface area contributed by atoms with Crippen LogP contribution in [0.4, 0.5) is 5.69 Å². The van der Waals surface area contributed by atoms with Crippen molar-refractivity contribution in [3.63, 3.8) is 0 Å². The van der Waals surface area contributed by atoms with Gasteiger partial charge in [0.05, 0.1) is 10.6 Å². The molecule has 0 fully saturated rings. The lowest BCUT2D eigenvalue weighted by Crippen LogP contribution is -2.42. The quantitative estimate of drug-likeness (QED) is 0.689. The van der Waals surface area contributed by atoms with Gasteiger partial charge < -0.3 is 0 Å². The largest absolute Gasteiger partial charge is 0.279 e. The van der Waals surface area contributed by atoms with Crippen molar-refractivity contribution in [2.24, 2.45) is 0 Å². The summed E-state index contributed by atoms with van der Waals surface area (Å²) >= 11 is 8.84. The fourth-order valence-electron chi connectivity index (χ4n) is 2.07. The molecule has 0 aliphatic carbocycles. The summed E-state index contributed by atoms with van der Waals surface area (Å²) in [7, 11) is -3.92. The van der Waals surface area contributed by atoms with Gasteiger partial charge in [-0.05, 0) is 61.8 Å². The molecule has 0 N–H and O–H groups in total. The molecular formula is C16H15BrClNO3S. The standard InChI is InChI=1S/C16H15BrClNO3S/c1-11-3-7-14(8-4-11)19(12(2)16(18)20)23(21,22)15-9-5-13(17)6-10-15/h3-10,12H,1-2H3. The first kappa shape index (κ1) is 18.0. The van der Waals surface area contributed by atoms with E-state index in [1.165, 1.54) is 19.1 Å². The summed E-state index contributed by atoms with van der Waals surface area (Å²) in [6.07, 6.45) is 0. The van der Waals surface area contributed by atoms with Crippen LogP contribution in [0.2, 0.25) is 0 Å². The van der Waals surface area contributed by atoms with Gasteiger partial charge in [0.2, 0.25) is 5.24 Å². The highest BCUT2D eigenvalue weighted by molar-refractivity contribution is 9.10. The Morgan fingerprint density at radius 1 is 1.09 bits per heavy atom. The van der Waals surface area contributed by atoms with E-state index in [0.29, 0.717) is 5.69 Å². The van der Waals surface area contributed by atoms with Crippen LogP contribution < -0.4 is 4.31 Å². The van der Waals surface area contributed by atoms with Crippen LogP contribution in [0.3, 0.4) is 0 Å². The van der Waals surface area contributed by atoms with E-state index in [1.54, 1.807) is 36.4 Å². The van der Waals surface area contributed by atoms with Crippen molar-refractivity contribution >= 4 is 48.5 Å². The van der Waals surface area contributed by atoms with Crippen LogP contribution in [0.25, 0.3) is 0 Å². The zero-order chi connectivity index (χ0) is 17.2. The second kappa shape index (κ2) is 7.03. The van der Waals surface area contributed by atoms with E-state index in [1.807, 2.05) is 6.92 Å². The smallest absolute Gasteiger partial charge is 0.265 e. The van der Waals surface area contributed by atoms with Crippen molar-refractivity contribution in [1.82, 2.24) is 0 Å². The second-order valence-corrected chi connectivity index (χ2v) is 8.17. The summed E-state index contributed by atoms with van der Waals surface area (Å²) in [5.74, 6) is 0. The Bertz CT molecular complexity index is 804. The van der Waals surface area contributed by atoms with Crippen LogP contribution in [0, 0.1) is 6.92 Å². The van der Waals surface area contributed by atoms with E-state index < -0.39 is 21.3 Å². The molecule has 4 nitrogen and oxygen atoms in total. The summed E-state index contributed by atoms with van der Waals surface area (Å²) in [5, 5.41) is -0.744. The topological polar surface area (TPSA) is 54.5 Å². The lowest BCUT2D eigenvalue weighted by atomic mass is 10.2. The molecule has 2 aromatic rings. The normalized spacial score (nSPS) is 12.7. The van der Waals surface area contributed by atoms with Gasteiger partial charge in [-0.2, -0.15) is 0 Å². The van der Waals surface area contributed by atoms with Gasteiger partial charge >= 0.3 is 0 Å². The molecule has 1 unspecified atom stereocenters. The zero-order valence-electron chi connectivity index (χ0n) is 12.5. The summed E-state index contributed by atoms with van der Waals surface area (Å²) in [4.78, 5) is 11.7. The predicted molar refractivity (Wildman–Crippen MR) is 95.3 cm³/mol. The molecule has 0 aliphatic rings. The molecule has 0 saturated carbocycles. The lowest BCUT2D eigenvalue weighted by molar-refractivity contribution is -0.112. The van der Waals surface area contributed by atoms with Crippen molar-refractivity contribution in [1.29, 1.82) is 0 Å². The van der Waals surface area contributed by atoms with Gasteiger partial charge in [0.25, 0.3) is 10.0 Å². The highest BCUT2D eigenvalue weighted by Gasteiger charge is 2.32. The maximum atomic E-state index is 13.0. The third-order valence-electron chi connectivity index (χ3n) is 3.34. The molecule has 2 aromatic carbocycles. The van der Waals surface area contributed by atoms with Crippen molar-refractivity contribution in [2.45, 2.75) is 24.8 Å². The first-order valence-electron chi connectivity index (χ1n) is 6.79. The third kappa shape index (κ3) is 3.94. The average Bonchev–Trinajstić information content (AvgIpc) is 2.49. The number of aryl methyl sites for hydroxylation is 1. The van der Waals surface area contributed by atoms with E-state index >= 15 is 0 Å². The number of rotatable bonds is 5. The molecule has 0 radical (unpaired) electrons. The summed E-state index contributed by atoms with van der Waals surface area (Å²) in [5.41, 5.74) is 1.37. The van der Waals surface area contributed by atoms with E-state index in [-0.39, 0.29) is 4.90 Å². The minimum atomic E-state index is -3.92. The van der Waals surface area contributed by atoms with Crippen LogP contribution >= 0.6 is 27.5 Å². The van der Waals surface area contributed by atoms with Gasteiger partial charge in [-0.3, -0.25) is 9.10 Å². The number of benzene rings is 2. The first-order chi connectivity index (χ1) is 10.7. The number of hydrogen-bond donors (Lipinski definition) is 0. The van der Waals surface area contributed by atoms with Crippen LogP contribution in [-0.4, -0.2) is 19.7 Å². The number of carbonyl (C=O) groups is 1. The van der Waals surface area contributed by atoms with Crippen molar-refractivity contribution in [3.8, 4) is 0 Å². The Balaban J connectivity index is 2.58. The summed E-state index contributed by atoms with van der Waals surface area (Å²) in [6, 6.07) is 12.1. The van der Waals surface area contributed by atoms with Gasteiger partial charge in [0.15, 0.2) is 0 Å². The molecule has 122 valence electrons. The molecule has 0 aromatic heterocycles. The fraction of sp³-hybridized carbons (Fsp3) is 0.188. The predicted octanol–water partition coefficient (Wildman–Crippen LogP) is 4.11. The van der Waals surface area contributed by atoms with Gasteiger partial charge in [0.1, 0.15) is 6.04 Å². The Morgan fingerprint density at radius 2 is 1.61 bits per heavy atom. The molecule has 0 aliphatic heterocycles. The Labute approximate surface area is 149 Å². The van der Waals surface area contributed by atoms with Gasteiger partial charge in [-0.1, -0.05) is 33.6 Å². The SMILES string of the molecule is Cc1ccc(N(C(C)C(=O)Cl)S(=O)(=O)c2ccc(Br)cc2)cc1. The molecular weight excluding hydrogens is 402 g/mol. The molecule has 0 spiro atoms. The molecule has 0 saturated heterocycles. The Kier molecular flexibility index (Phi) is 5.49. The van der Waals surface area contributed by atoms with Crippen LogP contribution in [0.15, 0.2) is 57.9 Å². The second-order valence-electron chi connectivity index (χ2n) is 5.07. The monoisotopic (exact) mass is 415 g/mol. The van der Waals surface area contributed by atoms with Gasteiger partial charge in [-0.15, -0.1) is 0 Å². The number of sulfonamides is 1. The fourth-order valence-corrected chi connectivity index (χ4v) is 4.11. The minimum Gasteiger partial charge on any atom is -0.279 e. The maximum Gasteiger partial charge on any atom is 0.265 e. The highest BCUT2D eigenvalue weighted by Crippen LogP contribution is 2.28. The maximum absolute atomic E-state index is 13.0. The molecule has 7 heteroatoms. The molecule has 2 rings (SSSR count). The molecule has 23 heavy (non-hydrogen) atoms. The third-order valence-corrected chi connectivity index (χ3v) is 6.10. The van der Waals surface area contributed by atoms with Gasteiger partial charge in [-0.25, -0.2) is 8.42 Å². The van der Waals surface area contributed by atoms with Crippen LogP contribution in [-0.2, 0) is 14.8 Å². The number of nitrogens with zero attached hydrogens (tertiary/aromatic N) is 1. The Hall–Kier alpha value is -1.37.